The fourth-order valence-electron chi connectivity index (χ4n) is 5.12. The Morgan fingerprint density at radius 1 is 1.15 bits per heavy atom. The number of hydrogen-bond donors (Lipinski definition) is 2. The minimum atomic E-state index is -4.65. The highest BCUT2D eigenvalue weighted by atomic mass is 35.5. The van der Waals surface area contributed by atoms with E-state index in [2.05, 4.69) is 25.8 Å². The topological polar surface area (TPSA) is 131 Å². The summed E-state index contributed by atoms with van der Waals surface area (Å²) in [5, 5.41) is 29.2. The number of aliphatic hydroxyl groups is 1. The maximum atomic E-state index is 13.9. The third kappa shape index (κ3) is 5.38. The number of β-amino-alcohol motifs (C(OH)–C–C–N with tert-alkyl or cyclic N) is 1. The van der Waals surface area contributed by atoms with Crippen LogP contribution >= 0.6 is 11.6 Å². The third-order valence-corrected chi connectivity index (χ3v) is 7.54. The van der Waals surface area contributed by atoms with Gasteiger partial charge in [-0.15, -0.1) is 15.3 Å². The van der Waals surface area contributed by atoms with E-state index in [-0.39, 0.29) is 29.5 Å². The second-order valence-corrected chi connectivity index (χ2v) is 12.0. The summed E-state index contributed by atoms with van der Waals surface area (Å²) in [4.78, 5) is 28.7. The smallest absolute Gasteiger partial charge is 0.391 e. The first-order chi connectivity index (χ1) is 18.6. The van der Waals surface area contributed by atoms with Gasteiger partial charge >= 0.3 is 6.18 Å². The van der Waals surface area contributed by atoms with Gasteiger partial charge in [0.1, 0.15) is 12.1 Å². The van der Waals surface area contributed by atoms with E-state index in [4.69, 9.17) is 11.6 Å². The fourth-order valence-corrected chi connectivity index (χ4v) is 5.37. The number of pyridine rings is 1. The summed E-state index contributed by atoms with van der Waals surface area (Å²) in [5.41, 5.74) is -0.763. The number of carbonyl (C=O) groups excluding carboxylic acids is 2. The summed E-state index contributed by atoms with van der Waals surface area (Å²) in [5.74, 6) is -0.611. The van der Waals surface area contributed by atoms with E-state index in [1.54, 1.807) is 6.20 Å². The lowest BCUT2D eigenvalue weighted by atomic mass is 9.85. The van der Waals surface area contributed by atoms with E-state index in [9.17, 15) is 27.9 Å². The summed E-state index contributed by atoms with van der Waals surface area (Å²) < 4.78 is 42.7. The number of rotatable bonds is 6. The van der Waals surface area contributed by atoms with E-state index in [1.165, 1.54) is 16.5 Å². The van der Waals surface area contributed by atoms with E-state index in [1.807, 2.05) is 20.8 Å². The Balaban J connectivity index is 1.38. The molecule has 1 saturated heterocycles. The molecule has 1 aliphatic carbocycles. The van der Waals surface area contributed by atoms with Crippen molar-refractivity contribution < 1.29 is 27.9 Å². The molecule has 2 N–H and O–H groups in total. The monoisotopic (exact) mass is 582 g/mol. The number of halogens is 4. The molecule has 1 aliphatic heterocycles. The Kier molecular flexibility index (Phi) is 7.06. The van der Waals surface area contributed by atoms with Gasteiger partial charge in [0.05, 0.1) is 28.4 Å². The molecule has 4 atom stereocenters. The van der Waals surface area contributed by atoms with Crippen LogP contribution < -0.4 is 5.32 Å². The number of amides is 2. The first kappa shape index (κ1) is 28.3. The van der Waals surface area contributed by atoms with Crippen molar-refractivity contribution in [3.63, 3.8) is 0 Å². The molecular weight excluding hydrogens is 553 g/mol. The first-order valence-corrected chi connectivity index (χ1v) is 13.3. The summed E-state index contributed by atoms with van der Waals surface area (Å²) >= 11 is 6.01. The second kappa shape index (κ2) is 9.98. The largest absolute Gasteiger partial charge is 0.417 e. The van der Waals surface area contributed by atoms with Crippen LogP contribution in [-0.4, -0.2) is 70.1 Å². The van der Waals surface area contributed by atoms with Crippen LogP contribution in [-0.2, 0) is 15.8 Å². The van der Waals surface area contributed by atoms with Gasteiger partial charge in [0.2, 0.25) is 11.8 Å². The molecule has 0 radical (unpaired) electrons. The van der Waals surface area contributed by atoms with Crippen LogP contribution in [0.4, 0.5) is 13.2 Å². The highest BCUT2D eigenvalue weighted by Gasteiger charge is 2.46. The maximum Gasteiger partial charge on any atom is 0.417 e. The predicted octanol–water partition coefficient (Wildman–Crippen LogP) is 3.30. The molecule has 11 nitrogen and oxygen atoms in total. The maximum absolute atomic E-state index is 13.9. The van der Waals surface area contributed by atoms with Crippen LogP contribution in [0.2, 0.25) is 5.02 Å². The normalized spacial score (nSPS) is 21.6. The number of alkyl halides is 3. The van der Waals surface area contributed by atoms with Gasteiger partial charge in [-0.05, 0) is 31.2 Å². The first-order valence-electron chi connectivity index (χ1n) is 13.0. The molecule has 5 rings (SSSR count). The van der Waals surface area contributed by atoms with Gasteiger partial charge in [-0.3, -0.25) is 14.0 Å². The minimum absolute atomic E-state index is 0.00350. The summed E-state index contributed by atoms with van der Waals surface area (Å²) in [6, 6.07) is -1.94. The van der Waals surface area contributed by atoms with Crippen molar-refractivity contribution >= 4 is 29.1 Å². The van der Waals surface area contributed by atoms with E-state index in [0.717, 1.165) is 35.2 Å². The van der Waals surface area contributed by atoms with E-state index >= 15 is 0 Å². The van der Waals surface area contributed by atoms with Crippen LogP contribution in [0.1, 0.15) is 82.0 Å². The van der Waals surface area contributed by atoms with Crippen LogP contribution in [0, 0.1) is 5.41 Å². The van der Waals surface area contributed by atoms with Crippen LogP contribution in [0.5, 0.6) is 0 Å². The number of hydrogen-bond acceptors (Lipinski definition) is 7. The van der Waals surface area contributed by atoms with Crippen molar-refractivity contribution in [3.05, 3.63) is 40.6 Å². The van der Waals surface area contributed by atoms with E-state index in [0.29, 0.717) is 5.92 Å². The number of aromatic nitrogens is 6. The number of fused-ring (bicyclic) bond motifs is 1. The molecule has 0 spiro atoms. The Labute approximate surface area is 232 Å². The molecule has 2 aliphatic rings. The zero-order valence-electron chi connectivity index (χ0n) is 22.4. The minimum Gasteiger partial charge on any atom is -0.391 e. The lowest BCUT2D eigenvalue weighted by Crippen LogP contribution is -2.50. The number of likely N-dealkylation sites (tertiary alicyclic amines) is 1. The van der Waals surface area contributed by atoms with Crippen molar-refractivity contribution in [2.24, 2.45) is 5.41 Å². The number of nitrogens with one attached hydrogen (secondary N) is 1. The number of carbonyl (C=O) groups is 2. The average Bonchev–Trinajstić information content (AvgIpc) is 3.23. The molecule has 0 aromatic carbocycles. The van der Waals surface area contributed by atoms with Crippen molar-refractivity contribution in [1.82, 2.24) is 39.8 Å². The van der Waals surface area contributed by atoms with Gasteiger partial charge < -0.3 is 15.3 Å². The zero-order chi connectivity index (χ0) is 29.1. The highest BCUT2D eigenvalue weighted by molar-refractivity contribution is 6.33. The van der Waals surface area contributed by atoms with Gasteiger partial charge in [-0.1, -0.05) is 37.6 Å². The molecule has 216 valence electrons. The Bertz CT molecular complexity index is 1450. The number of nitrogens with zero attached hydrogens (tertiary/aromatic N) is 7. The number of aliphatic hydroxyl groups excluding tert-OH is 1. The zero-order valence-corrected chi connectivity index (χ0v) is 23.1. The molecule has 15 heteroatoms. The van der Waals surface area contributed by atoms with Crippen LogP contribution in [0.25, 0.3) is 5.65 Å². The standard InChI is InChI=1S/C25H30ClF3N8O3/c1-12(20-32-33-21-16(26)7-14(9-36(20)21)25(27,28)29)30-22(39)18-8-15(38)10-35(18)23(40)19(24(2,3)4)37-11-17(31-34-37)13-5-6-13/h7,9,11-13,15,18-19,38H,5-6,8,10H2,1-4H3,(H,30,39)/t12?,15?,18?,19-/m0/s1. The van der Waals surface area contributed by atoms with Crippen molar-refractivity contribution in [2.45, 2.75) is 83.3 Å². The third-order valence-electron chi connectivity index (χ3n) is 7.27. The van der Waals surface area contributed by atoms with Crippen molar-refractivity contribution in [2.75, 3.05) is 6.54 Å². The predicted molar refractivity (Wildman–Crippen MR) is 136 cm³/mol. The van der Waals surface area contributed by atoms with Gasteiger partial charge in [0, 0.05) is 31.3 Å². The molecule has 0 bridgehead atoms. The molecule has 2 amide bonds. The fraction of sp³-hybridized carbons (Fsp3) is 0.600. The Morgan fingerprint density at radius 2 is 1.85 bits per heavy atom. The van der Waals surface area contributed by atoms with Crippen molar-refractivity contribution in [3.8, 4) is 0 Å². The Morgan fingerprint density at radius 3 is 2.48 bits per heavy atom. The molecule has 3 aromatic rings. The summed E-state index contributed by atoms with van der Waals surface area (Å²) in [6.07, 6.45) is -0.957. The highest BCUT2D eigenvalue weighted by Crippen LogP contribution is 2.40. The molecule has 3 unspecified atom stereocenters. The molecule has 1 saturated carbocycles. The lowest BCUT2D eigenvalue weighted by Gasteiger charge is -2.34. The van der Waals surface area contributed by atoms with Crippen LogP contribution in [0.15, 0.2) is 18.5 Å². The Hall–Kier alpha value is -3.26. The summed E-state index contributed by atoms with van der Waals surface area (Å²) in [7, 11) is 0. The van der Waals surface area contributed by atoms with Gasteiger partial charge in [-0.25, -0.2) is 4.68 Å². The molecular formula is C25H30ClF3N8O3. The molecule has 2 fully saturated rings. The molecule has 40 heavy (non-hydrogen) atoms. The van der Waals surface area contributed by atoms with Crippen molar-refractivity contribution in [1.29, 1.82) is 0 Å². The average molecular weight is 583 g/mol. The summed E-state index contributed by atoms with van der Waals surface area (Å²) in [6.45, 7) is 7.13. The van der Waals surface area contributed by atoms with Gasteiger partial charge in [0.25, 0.3) is 0 Å². The molecule has 4 heterocycles. The SMILES string of the molecule is CC(NC(=O)C1CC(O)CN1C(=O)[C@H](n1cc(C2CC2)nn1)C(C)(C)C)c1nnc2c(Cl)cc(C(F)(F)F)cn12. The quantitative estimate of drug-likeness (QED) is 0.456. The molecule has 3 aromatic heterocycles. The van der Waals surface area contributed by atoms with Gasteiger partial charge in [-0.2, -0.15) is 13.2 Å². The van der Waals surface area contributed by atoms with Gasteiger partial charge in [0.15, 0.2) is 11.5 Å². The van der Waals surface area contributed by atoms with Crippen LogP contribution in [0.3, 0.4) is 0 Å². The lowest BCUT2D eigenvalue weighted by molar-refractivity contribution is -0.144. The second-order valence-electron chi connectivity index (χ2n) is 11.6. The van der Waals surface area contributed by atoms with E-state index < -0.39 is 53.2 Å².